The Morgan fingerprint density at radius 1 is 1.16 bits per heavy atom. The molecule has 5 nitrogen and oxygen atoms in total. The Bertz CT molecular complexity index is 510. The smallest absolute Gasteiger partial charge is 0.320 e. The van der Waals surface area contributed by atoms with Gasteiger partial charge in [-0.25, -0.2) is 0 Å². The van der Waals surface area contributed by atoms with Crippen molar-refractivity contribution in [3.63, 3.8) is 0 Å². The summed E-state index contributed by atoms with van der Waals surface area (Å²) in [5.74, 6) is 0.595. The molecule has 0 atom stereocenters. The van der Waals surface area contributed by atoms with Crippen LogP contribution in [0.5, 0.6) is 0 Å². The zero-order valence-electron chi connectivity index (χ0n) is 11.4. The molecule has 1 aromatic carbocycles. The summed E-state index contributed by atoms with van der Waals surface area (Å²) in [6, 6.07) is 8.62. The molecule has 0 saturated heterocycles. The quantitative estimate of drug-likeness (QED) is 0.801. The zero-order chi connectivity index (χ0) is 13.5. The lowest BCUT2D eigenvalue weighted by Gasteiger charge is -2.07. The van der Waals surface area contributed by atoms with E-state index in [9.17, 15) is 0 Å². The van der Waals surface area contributed by atoms with Gasteiger partial charge in [-0.15, -0.1) is 5.10 Å². The summed E-state index contributed by atoms with van der Waals surface area (Å²) in [4.78, 5) is 0. The minimum Gasteiger partial charge on any atom is -0.406 e. The molecule has 2 aromatic rings. The van der Waals surface area contributed by atoms with Gasteiger partial charge in [-0.3, -0.25) is 0 Å². The molecule has 0 amide bonds. The Morgan fingerprint density at radius 2 is 2.00 bits per heavy atom. The molecule has 0 aliphatic carbocycles. The summed E-state index contributed by atoms with van der Waals surface area (Å²) in [6.07, 6.45) is 2.13. The van der Waals surface area contributed by atoms with E-state index in [1.165, 1.54) is 5.56 Å². The second kappa shape index (κ2) is 6.89. The first-order valence-electron chi connectivity index (χ1n) is 6.71. The third-order valence-electron chi connectivity index (χ3n) is 2.77. The largest absolute Gasteiger partial charge is 0.406 e. The molecule has 0 saturated carbocycles. The number of nitrogens with one attached hydrogen (secondary N) is 2. The van der Waals surface area contributed by atoms with Crippen molar-refractivity contribution in [1.82, 2.24) is 15.5 Å². The lowest BCUT2D eigenvalue weighted by molar-refractivity contribution is 0.484. The summed E-state index contributed by atoms with van der Waals surface area (Å²) in [5, 5.41) is 14.3. The second-order valence-corrected chi connectivity index (χ2v) is 4.31. The molecule has 2 rings (SSSR count). The highest BCUT2D eigenvalue weighted by Gasteiger charge is 2.07. The fraction of sp³-hybridized carbons (Fsp3) is 0.429. The minimum atomic E-state index is 0.441. The predicted molar refractivity (Wildman–Crippen MR) is 75.4 cm³/mol. The standard InChI is InChI=1S/C14H20N4O/c1-3-7-11-8-5-6-9-12(11)16-14-18-17-13(19-14)10-15-4-2/h5-6,8-9,15H,3-4,7,10H2,1-2H3,(H,16,18). The van der Waals surface area contributed by atoms with Gasteiger partial charge in [-0.1, -0.05) is 43.6 Å². The van der Waals surface area contributed by atoms with Crippen molar-refractivity contribution in [2.75, 3.05) is 11.9 Å². The van der Waals surface area contributed by atoms with Gasteiger partial charge < -0.3 is 15.1 Å². The van der Waals surface area contributed by atoms with Crippen LogP contribution < -0.4 is 10.6 Å². The van der Waals surface area contributed by atoms with Gasteiger partial charge in [0.05, 0.1) is 6.54 Å². The molecule has 19 heavy (non-hydrogen) atoms. The maximum atomic E-state index is 5.53. The molecule has 0 aliphatic heterocycles. The van der Waals surface area contributed by atoms with Crippen molar-refractivity contribution in [2.24, 2.45) is 0 Å². The Labute approximate surface area is 113 Å². The first kappa shape index (κ1) is 13.5. The molecular formula is C14H20N4O. The van der Waals surface area contributed by atoms with Crippen molar-refractivity contribution in [3.8, 4) is 0 Å². The topological polar surface area (TPSA) is 63.0 Å². The number of aryl methyl sites for hydroxylation is 1. The number of rotatable bonds is 7. The van der Waals surface area contributed by atoms with Crippen LogP contribution in [0.25, 0.3) is 0 Å². The van der Waals surface area contributed by atoms with Crippen LogP contribution in [0.4, 0.5) is 11.7 Å². The summed E-state index contributed by atoms with van der Waals surface area (Å²) in [5.41, 5.74) is 2.29. The Kier molecular flexibility index (Phi) is 4.92. The van der Waals surface area contributed by atoms with Gasteiger partial charge in [-0.05, 0) is 24.6 Å². The molecule has 0 fully saturated rings. The van der Waals surface area contributed by atoms with E-state index in [0.29, 0.717) is 18.5 Å². The number of hydrogen-bond donors (Lipinski definition) is 2. The van der Waals surface area contributed by atoms with Gasteiger partial charge in [0.1, 0.15) is 0 Å². The number of anilines is 2. The van der Waals surface area contributed by atoms with Crippen LogP contribution in [0, 0.1) is 0 Å². The molecule has 2 N–H and O–H groups in total. The summed E-state index contributed by atoms with van der Waals surface area (Å²) in [6.45, 7) is 5.68. The van der Waals surface area contributed by atoms with Crippen molar-refractivity contribution in [3.05, 3.63) is 35.7 Å². The Balaban J connectivity index is 2.06. The highest BCUT2D eigenvalue weighted by Crippen LogP contribution is 2.21. The first-order chi connectivity index (χ1) is 9.33. The van der Waals surface area contributed by atoms with Crippen molar-refractivity contribution in [1.29, 1.82) is 0 Å². The molecule has 0 spiro atoms. The maximum Gasteiger partial charge on any atom is 0.320 e. The SMILES string of the molecule is CCCc1ccccc1Nc1nnc(CNCC)o1. The van der Waals surface area contributed by atoms with E-state index in [1.54, 1.807) is 0 Å². The zero-order valence-corrected chi connectivity index (χ0v) is 11.4. The molecule has 5 heteroatoms. The average Bonchev–Trinajstić information content (AvgIpc) is 2.87. The van der Waals surface area contributed by atoms with Crippen LogP contribution in [0.15, 0.2) is 28.7 Å². The molecule has 1 aromatic heterocycles. The number of nitrogens with zero attached hydrogens (tertiary/aromatic N) is 2. The van der Waals surface area contributed by atoms with E-state index < -0.39 is 0 Å². The molecule has 0 aliphatic rings. The summed E-state index contributed by atoms with van der Waals surface area (Å²) >= 11 is 0. The molecule has 0 unspecified atom stereocenters. The fourth-order valence-corrected chi connectivity index (χ4v) is 1.85. The van der Waals surface area contributed by atoms with E-state index >= 15 is 0 Å². The third-order valence-corrected chi connectivity index (χ3v) is 2.77. The Morgan fingerprint density at radius 3 is 2.79 bits per heavy atom. The third kappa shape index (κ3) is 3.79. The van der Waals surface area contributed by atoms with Gasteiger partial charge in [0.2, 0.25) is 5.89 Å². The van der Waals surface area contributed by atoms with Gasteiger partial charge in [-0.2, -0.15) is 0 Å². The van der Waals surface area contributed by atoms with Crippen LogP contribution in [0.3, 0.4) is 0 Å². The second-order valence-electron chi connectivity index (χ2n) is 4.31. The number of benzene rings is 1. The highest BCUT2D eigenvalue weighted by molar-refractivity contribution is 5.57. The van der Waals surface area contributed by atoms with Crippen LogP contribution in [0.1, 0.15) is 31.7 Å². The van der Waals surface area contributed by atoms with Crippen LogP contribution in [0.2, 0.25) is 0 Å². The predicted octanol–water partition coefficient (Wildman–Crippen LogP) is 2.88. The molecule has 102 valence electrons. The lowest BCUT2D eigenvalue weighted by atomic mass is 10.1. The Hall–Kier alpha value is -1.88. The van der Waals surface area contributed by atoms with Crippen LogP contribution >= 0.6 is 0 Å². The summed E-state index contributed by atoms with van der Waals surface area (Å²) < 4.78 is 5.53. The normalized spacial score (nSPS) is 10.6. The van der Waals surface area contributed by atoms with Gasteiger partial charge in [0.25, 0.3) is 0 Å². The van der Waals surface area contributed by atoms with Crippen molar-refractivity contribution in [2.45, 2.75) is 33.2 Å². The highest BCUT2D eigenvalue weighted by atomic mass is 16.4. The van der Waals surface area contributed by atoms with E-state index in [2.05, 4.69) is 33.8 Å². The maximum absolute atomic E-state index is 5.53. The first-order valence-corrected chi connectivity index (χ1v) is 6.71. The molecular weight excluding hydrogens is 240 g/mol. The number of hydrogen-bond acceptors (Lipinski definition) is 5. The molecule has 0 radical (unpaired) electrons. The lowest BCUT2D eigenvalue weighted by Crippen LogP contribution is -2.11. The van der Waals surface area contributed by atoms with Crippen molar-refractivity contribution >= 4 is 11.7 Å². The van der Waals surface area contributed by atoms with E-state index in [0.717, 1.165) is 25.1 Å². The van der Waals surface area contributed by atoms with Gasteiger partial charge in [0, 0.05) is 5.69 Å². The molecule has 0 bridgehead atoms. The van der Waals surface area contributed by atoms with E-state index in [-0.39, 0.29) is 0 Å². The van der Waals surface area contributed by atoms with Crippen molar-refractivity contribution < 1.29 is 4.42 Å². The van der Waals surface area contributed by atoms with Gasteiger partial charge >= 0.3 is 6.01 Å². The molecule has 1 heterocycles. The van der Waals surface area contributed by atoms with E-state index in [4.69, 9.17) is 4.42 Å². The monoisotopic (exact) mass is 260 g/mol. The fourth-order valence-electron chi connectivity index (χ4n) is 1.85. The van der Waals surface area contributed by atoms with Crippen LogP contribution in [-0.4, -0.2) is 16.7 Å². The van der Waals surface area contributed by atoms with Gasteiger partial charge in [0.15, 0.2) is 0 Å². The average molecular weight is 260 g/mol. The summed E-state index contributed by atoms with van der Waals surface area (Å²) in [7, 11) is 0. The number of aromatic nitrogens is 2. The minimum absolute atomic E-state index is 0.441. The number of para-hydroxylation sites is 1. The van der Waals surface area contributed by atoms with E-state index in [1.807, 2.05) is 25.1 Å². The van der Waals surface area contributed by atoms with Crippen LogP contribution in [-0.2, 0) is 13.0 Å².